The van der Waals surface area contributed by atoms with E-state index < -0.39 is 5.97 Å². The third-order valence-corrected chi connectivity index (χ3v) is 5.18. The number of rotatable bonds is 21. The van der Waals surface area contributed by atoms with Gasteiger partial charge in [-0.25, -0.2) is 0 Å². The molecule has 0 spiro atoms. The van der Waals surface area contributed by atoms with Crippen LogP contribution in [0, 0.1) is 0 Å². The van der Waals surface area contributed by atoms with Crippen molar-refractivity contribution >= 4 is 0 Å². The van der Waals surface area contributed by atoms with E-state index in [1.54, 1.807) is 5.32 Å². The van der Waals surface area contributed by atoms with Gasteiger partial charge in [-0.05, 0) is 12.8 Å². The smallest absolute Gasteiger partial charge is 0.327 e. The average Bonchev–Trinajstić information content (AvgIpc) is 2.59. The minimum absolute atomic E-state index is 0. The molecule has 0 amide bonds. The van der Waals surface area contributed by atoms with Crippen molar-refractivity contribution in [1.82, 2.24) is 0 Å². The molecule has 4 nitrogen and oxygen atoms in total. The molecule has 0 aromatic heterocycles. The summed E-state index contributed by atoms with van der Waals surface area (Å²) in [5, 5.41) is 28.0. The summed E-state index contributed by atoms with van der Waals surface area (Å²) >= 11 is 0. The van der Waals surface area contributed by atoms with Gasteiger partial charge in [0.25, 0.3) is 0 Å². The predicted molar refractivity (Wildman–Crippen MR) is 110 cm³/mol. The summed E-state index contributed by atoms with van der Waals surface area (Å²) in [4.78, 5) is 0. The van der Waals surface area contributed by atoms with E-state index in [1.807, 2.05) is 0 Å². The third-order valence-electron chi connectivity index (χ3n) is 5.18. The molecule has 27 heavy (non-hydrogen) atoms. The van der Waals surface area contributed by atoms with Gasteiger partial charge in [0.15, 0.2) is 6.54 Å². The summed E-state index contributed by atoms with van der Waals surface area (Å²) in [6, 6.07) is 0. The van der Waals surface area contributed by atoms with Crippen molar-refractivity contribution in [3.05, 3.63) is 0 Å². The lowest BCUT2D eigenvalue weighted by Crippen LogP contribution is -3.00. The Hall–Kier alpha value is 0.130. The van der Waals surface area contributed by atoms with Gasteiger partial charge in [0, 0.05) is 0 Å². The fourth-order valence-electron chi connectivity index (χ4n) is 3.49. The second kappa shape index (κ2) is 22.4. The molecule has 0 aliphatic carbocycles. The molecule has 0 aromatic rings. The number of hydrogen-bond acceptors (Lipinski definition) is 3. The topological polar surface area (TPSA) is 77.3 Å². The zero-order valence-corrected chi connectivity index (χ0v) is 18.7. The largest absolute Gasteiger partial charge is 1.00 e. The van der Waals surface area contributed by atoms with E-state index >= 15 is 0 Å². The van der Waals surface area contributed by atoms with Crippen molar-refractivity contribution in [2.24, 2.45) is 0 Å². The number of hydrogen-bond donors (Lipinski definition) is 4. The summed E-state index contributed by atoms with van der Waals surface area (Å²) in [5.74, 6) is -2.52. The van der Waals surface area contributed by atoms with Crippen LogP contribution in [0.2, 0.25) is 0 Å². The van der Waals surface area contributed by atoms with Crippen molar-refractivity contribution in [3.8, 4) is 0 Å². The minimum atomic E-state index is -2.52. The van der Waals surface area contributed by atoms with Gasteiger partial charge >= 0.3 is 5.97 Å². The Balaban J connectivity index is 0. The highest BCUT2D eigenvalue weighted by Gasteiger charge is 2.19. The zero-order chi connectivity index (χ0) is 19.3. The molecule has 0 aliphatic heterocycles. The monoisotopic (exact) mass is 409 g/mol. The number of unbranched alkanes of at least 4 members (excludes halogenated alkanes) is 17. The fraction of sp³-hybridized carbons (Fsp3) is 1.00. The van der Waals surface area contributed by atoms with Crippen molar-refractivity contribution in [2.45, 2.75) is 128 Å². The summed E-state index contributed by atoms with van der Waals surface area (Å²) in [5.41, 5.74) is 0. The summed E-state index contributed by atoms with van der Waals surface area (Å²) in [6.07, 6.45) is 24.7. The first-order chi connectivity index (χ1) is 12.6. The van der Waals surface area contributed by atoms with Crippen LogP contribution in [-0.4, -0.2) is 34.4 Å². The quantitative estimate of drug-likeness (QED) is 0.170. The van der Waals surface area contributed by atoms with E-state index in [0.29, 0.717) is 0 Å². The second-order valence-electron chi connectivity index (χ2n) is 8.07. The van der Waals surface area contributed by atoms with Crippen LogP contribution in [-0.2, 0) is 0 Å². The molecule has 166 valence electrons. The van der Waals surface area contributed by atoms with Crippen LogP contribution in [0.3, 0.4) is 0 Å². The SMILES string of the molecule is CCCCCCCCCCCCCCCCCCCC[NH2+]CC(O)(O)O.[Cl-]. The first-order valence-corrected chi connectivity index (χ1v) is 11.5. The van der Waals surface area contributed by atoms with Gasteiger partial charge in [0.1, 0.15) is 0 Å². The number of nitrogens with two attached hydrogens (primary N) is 1. The molecule has 0 unspecified atom stereocenters. The molecule has 0 atom stereocenters. The minimum Gasteiger partial charge on any atom is -1.00 e. The highest BCUT2D eigenvalue weighted by atomic mass is 35.5. The van der Waals surface area contributed by atoms with Crippen molar-refractivity contribution < 1.29 is 33.0 Å². The molecule has 5 N–H and O–H groups in total. The Labute approximate surface area is 174 Å². The van der Waals surface area contributed by atoms with E-state index in [4.69, 9.17) is 15.3 Å². The van der Waals surface area contributed by atoms with Crippen LogP contribution >= 0.6 is 0 Å². The maximum atomic E-state index is 8.75. The molecule has 5 heteroatoms. The molecular weight excluding hydrogens is 362 g/mol. The summed E-state index contributed by atoms with van der Waals surface area (Å²) in [6.45, 7) is 3.07. The van der Waals surface area contributed by atoms with Crippen LogP contribution in [0.5, 0.6) is 0 Å². The van der Waals surface area contributed by atoms with Crippen molar-refractivity contribution in [2.75, 3.05) is 13.1 Å². The van der Waals surface area contributed by atoms with Crippen LogP contribution in [0.15, 0.2) is 0 Å². The Morgan fingerprint density at radius 2 is 0.815 bits per heavy atom. The van der Waals surface area contributed by atoms with Gasteiger partial charge in [-0.3, -0.25) is 0 Å². The van der Waals surface area contributed by atoms with Crippen LogP contribution in [0.4, 0.5) is 0 Å². The molecule has 0 radical (unpaired) electrons. The normalized spacial score (nSPS) is 11.6. The number of halogens is 1. The Kier molecular flexibility index (Phi) is 24.4. The van der Waals surface area contributed by atoms with E-state index in [9.17, 15) is 0 Å². The lowest BCUT2D eigenvalue weighted by Gasteiger charge is -2.11. The van der Waals surface area contributed by atoms with Gasteiger partial charge in [0.2, 0.25) is 0 Å². The number of aliphatic hydroxyl groups is 3. The van der Waals surface area contributed by atoms with E-state index in [0.717, 1.165) is 13.0 Å². The molecular formula is C22H48ClNO3. The molecule has 0 aromatic carbocycles. The zero-order valence-electron chi connectivity index (χ0n) is 17.9. The highest BCUT2D eigenvalue weighted by molar-refractivity contribution is 4.50. The molecule has 0 saturated carbocycles. The second-order valence-corrected chi connectivity index (χ2v) is 8.07. The standard InChI is InChI=1S/C22H47NO3.ClH/c1-2-3-4-5-6-7-8-9-10-11-12-13-14-15-16-17-18-19-20-23-21-22(24,25)26;/h23-26H,2-21H2,1H3;1H. The van der Waals surface area contributed by atoms with Crippen LogP contribution in [0.1, 0.15) is 122 Å². The van der Waals surface area contributed by atoms with Gasteiger partial charge < -0.3 is 33.0 Å². The van der Waals surface area contributed by atoms with Crippen LogP contribution < -0.4 is 17.7 Å². The number of quaternary nitrogens is 1. The molecule has 0 bridgehead atoms. The molecule has 0 heterocycles. The van der Waals surface area contributed by atoms with Gasteiger partial charge in [-0.1, -0.05) is 110 Å². The van der Waals surface area contributed by atoms with Gasteiger partial charge in [0.05, 0.1) is 6.54 Å². The Bertz CT molecular complexity index is 273. The van der Waals surface area contributed by atoms with Crippen LogP contribution in [0.25, 0.3) is 0 Å². The van der Waals surface area contributed by atoms with Gasteiger partial charge in [-0.2, -0.15) is 0 Å². The van der Waals surface area contributed by atoms with Crippen molar-refractivity contribution in [3.63, 3.8) is 0 Å². The lowest BCUT2D eigenvalue weighted by molar-refractivity contribution is -0.688. The third kappa shape index (κ3) is 28.4. The first-order valence-electron chi connectivity index (χ1n) is 11.5. The Morgan fingerprint density at radius 3 is 1.11 bits per heavy atom. The van der Waals surface area contributed by atoms with Gasteiger partial charge in [-0.15, -0.1) is 0 Å². The fourth-order valence-corrected chi connectivity index (χ4v) is 3.49. The molecule has 0 fully saturated rings. The summed E-state index contributed by atoms with van der Waals surface area (Å²) in [7, 11) is 0. The van der Waals surface area contributed by atoms with E-state index in [1.165, 1.54) is 109 Å². The summed E-state index contributed by atoms with van der Waals surface area (Å²) < 4.78 is 0. The van der Waals surface area contributed by atoms with E-state index in [-0.39, 0.29) is 19.0 Å². The van der Waals surface area contributed by atoms with Crippen molar-refractivity contribution in [1.29, 1.82) is 0 Å². The molecule has 0 rings (SSSR count). The highest BCUT2D eigenvalue weighted by Crippen LogP contribution is 2.14. The maximum absolute atomic E-state index is 8.75. The molecule has 0 saturated heterocycles. The van der Waals surface area contributed by atoms with E-state index in [2.05, 4.69) is 6.92 Å². The molecule has 0 aliphatic rings. The maximum Gasteiger partial charge on any atom is 0.327 e. The average molecular weight is 410 g/mol. The lowest BCUT2D eigenvalue weighted by atomic mass is 10.0. The first kappa shape index (κ1) is 29.3. The predicted octanol–water partition coefficient (Wildman–Crippen LogP) is 1.23. The Morgan fingerprint density at radius 1 is 0.519 bits per heavy atom.